The first kappa shape index (κ1) is 27.5. The summed E-state index contributed by atoms with van der Waals surface area (Å²) in [5, 5.41) is 2.58. The molecule has 9 heteroatoms. The van der Waals surface area contributed by atoms with Gasteiger partial charge in [0.1, 0.15) is 5.37 Å². The van der Waals surface area contributed by atoms with Gasteiger partial charge in [0.15, 0.2) is 0 Å². The number of piperidine rings is 1. The predicted molar refractivity (Wildman–Crippen MR) is 153 cm³/mol. The van der Waals surface area contributed by atoms with Crippen LogP contribution in [0.2, 0.25) is 0 Å². The highest BCUT2D eigenvalue weighted by atomic mass is 32.2. The summed E-state index contributed by atoms with van der Waals surface area (Å²) < 4.78 is 5.49. The number of likely N-dealkylation sites (tertiary alicyclic amines) is 1. The van der Waals surface area contributed by atoms with Gasteiger partial charge >= 0.3 is 6.03 Å². The maximum atomic E-state index is 13.4. The van der Waals surface area contributed by atoms with E-state index < -0.39 is 0 Å². The molecule has 0 aliphatic carbocycles. The largest absolute Gasteiger partial charge is 0.382 e. The Bertz CT molecular complexity index is 1150. The van der Waals surface area contributed by atoms with Crippen molar-refractivity contribution in [2.45, 2.75) is 55.7 Å². The number of ether oxygens (including phenoxy) is 1. The van der Waals surface area contributed by atoms with E-state index in [4.69, 9.17) is 4.74 Å². The van der Waals surface area contributed by atoms with Crippen molar-refractivity contribution < 1.29 is 19.1 Å². The summed E-state index contributed by atoms with van der Waals surface area (Å²) in [7, 11) is 0. The number of urea groups is 1. The SMILES string of the molecule is CCOCCCN1C(=O)C(CC(=O)N2CCC(N3CCc4ccccc4NC3=O)CC2)SC1c1ccccc1. The van der Waals surface area contributed by atoms with Gasteiger partial charge in [-0.1, -0.05) is 48.5 Å². The Morgan fingerprint density at radius 1 is 1.03 bits per heavy atom. The summed E-state index contributed by atoms with van der Waals surface area (Å²) in [6.07, 6.45) is 3.29. The molecule has 8 nitrogen and oxygen atoms in total. The Balaban J connectivity index is 1.16. The van der Waals surface area contributed by atoms with Gasteiger partial charge < -0.3 is 24.8 Å². The fraction of sp³-hybridized carbons (Fsp3) is 0.500. The number of amides is 4. The van der Waals surface area contributed by atoms with Crippen molar-refractivity contribution in [3.8, 4) is 0 Å². The number of nitrogens with one attached hydrogen (secondary N) is 1. The summed E-state index contributed by atoms with van der Waals surface area (Å²) >= 11 is 1.58. The highest BCUT2D eigenvalue weighted by Crippen LogP contribution is 2.44. The van der Waals surface area contributed by atoms with Gasteiger partial charge in [-0.3, -0.25) is 9.59 Å². The third kappa shape index (κ3) is 6.41. The van der Waals surface area contributed by atoms with Crippen LogP contribution in [0.5, 0.6) is 0 Å². The van der Waals surface area contributed by atoms with Crippen LogP contribution < -0.4 is 5.32 Å². The topological polar surface area (TPSA) is 82.2 Å². The average molecular weight is 551 g/mol. The predicted octanol–water partition coefficient (Wildman–Crippen LogP) is 4.53. The number of anilines is 1. The van der Waals surface area contributed by atoms with Crippen molar-refractivity contribution >= 4 is 35.3 Å². The summed E-state index contributed by atoms with van der Waals surface area (Å²) in [5.74, 6) is 0.0596. The number of rotatable bonds is 9. The zero-order chi connectivity index (χ0) is 27.2. The third-order valence-electron chi connectivity index (χ3n) is 7.87. The van der Waals surface area contributed by atoms with Crippen LogP contribution >= 0.6 is 11.8 Å². The number of thioether (sulfide) groups is 1. The fourth-order valence-corrected chi connectivity index (χ4v) is 7.23. The van der Waals surface area contributed by atoms with Gasteiger partial charge in [0, 0.05) is 57.5 Å². The zero-order valence-corrected chi connectivity index (χ0v) is 23.4. The molecule has 208 valence electrons. The summed E-state index contributed by atoms with van der Waals surface area (Å²) in [4.78, 5) is 45.4. The summed E-state index contributed by atoms with van der Waals surface area (Å²) in [6.45, 7) is 5.74. The molecule has 5 rings (SSSR count). The van der Waals surface area contributed by atoms with Crippen LogP contribution in [0.4, 0.5) is 10.5 Å². The lowest BCUT2D eigenvalue weighted by molar-refractivity contribution is -0.137. The molecule has 2 aromatic rings. The Hall–Kier alpha value is -3.04. The molecule has 0 bridgehead atoms. The van der Waals surface area contributed by atoms with Crippen molar-refractivity contribution in [2.24, 2.45) is 0 Å². The van der Waals surface area contributed by atoms with Crippen LogP contribution in [0.15, 0.2) is 54.6 Å². The molecular weight excluding hydrogens is 512 g/mol. The lowest BCUT2D eigenvalue weighted by Gasteiger charge is -2.38. The minimum absolute atomic E-state index is 0.0231. The van der Waals surface area contributed by atoms with Crippen LogP contribution in [0.3, 0.4) is 0 Å². The van der Waals surface area contributed by atoms with E-state index in [1.54, 1.807) is 11.8 Å². The van der Waals surface area contributed by atoms with Crippen LogP contribution in [0.25, 0.3) is 0 Å². The second kappa shape index (κ2) is 12.9. The fourth-order valence-electron chi connectivity index (χ4n) is 5.76. The minimum atomic E-state index is -0.387. The molecule has 0 aromatic heterocycles. The molecule has 0 spiro atoms. The summed E-state index contributed by atoms with van der Waals surface area (Å²) in [6, 6.07) is 18.0. The monoisotopic (exact) mass is 550 g/mol. The molecule has 2 aromatic carbocycles. The van der Waals surface area contributed by atoms with Gasteiger partial charge in [-0.25, -0.2) is 4.79 Å². The van der Waals surface area contributed by atoms with E-state index in [1.807, 2.05) is 70.2 Å². The highest BCUT2D eigenvalue weighted by Gasteiger charge is 2.42. The van der Waals surface area contributed by atoms with Gasteiger partial charge in [0.25, 0.3) is 0 Å². The highest BCUT2D eigenvalue weighted by molar-refractivity contribution is 8.01. The van der Waals surface area contributed by atoms with E-state index in [-0.39, 0.29) is 40.9 Å². The lowest BCUT2D eigenvalue weighted by Crippen LogP contribution is -2.50. The number of para-hydroxylation sites is 1. The molecule has 3 aliphatic rings. The molecule has 3 aliphatic heterocycles. The normalized spacial score (nSPS) is 22.0. The number of benzene rings is 2. The van der Waals surface area contributed by atoms with Crippen LogP contribution in [0, 0.1) is 0 Å². The van der Waals surface area contributed by atoms with Gasteiger partial charge in [0.05, 0.1) is 5.25 Å². The molecule has 3 heterocycles. The lowest BCUT2D eigenvalue weighted by atomic mass is 10.0. The molecule has 4 amide bonds. The maximum absolute atomic E-state index is 13.4. The number of fused-ring (bicyclic) bond motifs is 1. The van der Waals surface area contributed by atoms with Crippen LogP contribution in [-0.4, -0.2) is 83.2 Å². The first-order chi connectivity index (χ1) is 19.0. The molecule has 2 fully saturated rings. The molecule has 2 saturated heterocycles. The smallest absolute Gasteiger partial charge is 0.322 e. The number of carbonyl (C=O) groups excluding carboxylic acids is 3. The molecular formula is C30H38N4O4S. The molecule has 0 radical (unpaired) electrons. The van der Waals surface area contributed by atoms with E-state index in [9.17, 15) is 14.4 Å². The molecule has 1 N–H and O–H groups in total. The third-order valence-corrected chi connectivity index (χ3v) is 9.35. The molecule has 2 unspecified atom stereocenters. The Kier molecular flexibility index (Phi) is 9.09. The summed E-state index contributed by atoms with van der Waals surface area (Å²) in [5.41, 5.74) is 3.12. The van der Waals surface area contributed by atoms with E-state index in [0.29, 0.717) is 39.4 Å². The van der Waals surface area contributed by atoms with Gasteiger partial charge in [-0.15, -0.1) is 11.8 Å². The van der Waals surface area contributed by atoms with Crippen molar-refractivity contribution in [1.29, 1.82) is 0 Å². The van der Waals surface area contributed by atoms with Gasteiger partial charge in [-0.2, -0.15) is 0 Å². The number of nitrogens with zero attached hydrogens (tertiary/aromatic N) is 3. The van der Waals surface area contributed by atoms with Crippen molar-refractivity contribution in [2.75, 3.05) is 44.7 Å². The van der Waals surface area contributed by atoms with Gasteiger partial charge in [0.2, 0.25) is 11.8 Å². The van der Waals surface area contributed by atoms with E-state index in [2.05, 4.69) is 11.4 Å². The maximum Gasteiger partial charge on any atom is 0.322 e. The average Bonchev–Trinajstić information content (AvgIpc) is 3.16. The first-order valence-corrected chi connectivity index (χ1v) is 15.0. The number of carbonyl (C=O) groups is 3. The second-order valence-electron chi connectivity index (χ2n) is 10.3. The molecule has 0 saturated carbocycles. The van der Waals surface area contributed by atoms with E-state index in [0.717, 1.165) is 42.5 Å². The van der Waals surface area contributed by atoms with E-state index >= 15 is 0 Å². The Labute approximate surface area is 235 Å². The second-order valence-corrected chi connectivity index (χ2v) is 11.6. The number of hydrogen-bond acceptors (Lipinski definition) is 5. The van der Waals surface area contributed by atoms with Crippen molar-refractivity contribution in [1.82, 2.24) is 14.7 Å². The van der Waals surface area contributed by atoms with E-state index in [1.165, 1.54) is 0 Å². The van der Waals surface area contributed by atoms with Crippen LogP contribution in [0.1, 0.15) is 49.1 Å². The minimum Gasteiger partial charge on any atom is -0.382 e. The first-order valence-electron chi connectivity index (χ1n) is 14.1. The zero-order valence-electron chi connectivity index (χ0n) is 22.6. The van der Waals surface area contributed by atoms with Crippen LogP contribution in [-0.2, 0) is 20.7 Å². The van der Waals surface area contributed by atoms with Crippen molar-refractivity contribution in [3.05, 3.63) is 65.7 Å². The standard InChI is InChI=1S/C30H38N4O4S/c1-2-38-20-8-16-34-28(36)26(39-29(34)23-10-4-3-5-11-23)21-27(35)32-17-14-24(15-18-32)33-19-13-22-9-6-7-12-25(22)31-30(33)37/h3-7,9-12,24,26,29H,2,8,13-21H2,1H3,(H,31,37). The molecule has 39 heavy (non-hydrogen) atoms. The van der Waals surface area contributed by atoms with Crippen molar-refractivity contribution in [3.63, 3.8) is 0 Å². The Morgan fingerprint density at radius 3 is 2.54 bits per heavy atom. The molecule has 2 atom stereocenters. The van der Waals surface area contributed by atoms with Gasteiger partial charge in [-0.05, 0) is 49.8 Å². The Morgan fingerprint density at radius 2 is 1.77 bits per heavy atom. The number of hydrogen-bond donors (Lipinski definition) is 1. The quantitative estimate of drug-likeness (QED) is 0.464.